The number of benzene rings is 1. The molecule has 0 heterocycles. The average molecular weight is 366 g/mol. The molecule has 0 radical (unpaired) electrons. The van der Waals surface area contributed by atoms with Crippen LogP contribution in [0.3, 0.4) is 0 Å². The molecular formula is C18H26N2O6. The van der Waals surface area contributed by atoms with E-state index in [-0.39, 0.29) is 25.5 Å². The van der Waals surface area contributed by atoms with Crippen molar-refractivity contribution in [3.05, 3.63) is 35.9 Å². The Morgan fingerprint density at radius 2 is 1.65 bits per heavy atom. The summed E-state index contributed by atoms with van der Waals surface area (Å²) in [6.07, 6.45) is -0.307. The summed E-state index contributed by atoms with van der Waals surface area (Å²) in [7, 11) is 0. The van der Waals surface area contributed by atoms with E-state index < -0.39 is 30.1 Å². The van der Waals surface area contributed by atoms with Crippen molar-refractivity contribution in [2.24, 2.45) is 5.92 Å². The summed E-state index contributed by atoms with van der Waals surface area (Å²) in [6.45, 7) is 3.88. The monoisotopic (exact) mass is 366 g/mol. The van der Waals surface area contributed by atoms with Gasteiger partial charge in [-0.2, -0.15) is 0 Å². The summed E-state index contributed by atoms with van der Waals surface area (Å²) in [5.74, 6) is -2.16. The van der Waals surface area contributed by atoms with Gasteiger partial charge in [0.25, 0.3) is 0 Å². The van der Waals surface area contributed by atoms with E-state index in [0.717, 1.165) is 5.56 Å². The molecule has 1 unspecified atom stereocenters. The van der Waals surface area contributed by atoms with Crippen LogP contribution in [0, 0.1) is 5.92 Å². The Balaban J connectivity index is 2.41. The van der Waals surface area contributed by atoms with Crippen LogP contribution in [0.25, 0.3) is 0 Å². The first kappa shape index (κ1) is 21.4. The summed E-state index contributed by atoms with van der Waals surface area (Å²) in [6, 6.07) is 7.11. The van der Waals surface area contributed by atoms with Gasteiger partial charge in [0.1, 0.15) is 18.7 Å². The van der Waals surface area contributed by atoms with Gasteiger partial charge in [-0.3, -0.25) is 14.9 Å². The maximum absolute atomic E-state index is 11.6. The maximum atomic E-state index is 11.6. The highest BCUT2D eigenvalue weighted by atomic mass is 16.5. The molecule has 1 amide bonds. The Bertz CT molecular complexity index is 591. The van der Waals surface area contributed by atoms with Crippen molar-refractivity contribution in [2.75, 3.05) is 6.54 Å². The van der Waals surface area contributed by atoms with E-state index in [2.05, 4.69) is 10.6 Å². The van der Waals surface area contributed by atoms with Gasteiger partial charge in [0, 0.05) is 6.54 Å². The largest absolute Gasteiger partial charge is 0.480 e. The second kappa shape index (κ2) is 11.1. The number of aliphatic carboxylic acids is 2. The quantitative estimate of drug-likeness (QED) is 0.471. The van der Waals surface area contributed by atoms with Crippen LogP contribution in [-0.4, -0.2) is 46.9 Å². The normalized spacial score (nSPS) is 13.0. The van der Waals surface area contributed by atoms with E-state index in [9.17, 15) is 24.6 Å². The number of rotatable bonds is 11. The van der Waals surface area contributed by atoms with Gasteiger partial charge in [-0.1, -0.05) is 44.2 Å². The summed E-state index contributed by atoms with van der Waals surface area (Å²) in [5.41, 5.74) is 0.839. The number of carboxylic acid groups (broad SMARTS) is 2. The van der Waals surface area contributed by atoms with Gasteiger partial charge < -0.3 is 20.3 Å². The number of carboxylic acids is 2. The van der Waals surface area contributed by atoms with Gasteiger partial charge in [-0.05, 0) is 24.3 Å². The van der Waals surface area contributed by atoms with Gasteiger partial charge in [0.15, 0.2) is 0 Å². The van der Waals surface area contributed by atoms with Crippen LogP contribution in [-0.2, 0) is 20.9 Å². The van der Waals surface area contributed by atoms with Crippen LogP contribution >= 0.6 is 0 Å². The maximum Gasteiger partial charge on any atom is 0.407 e. The molecule has 8 nitrogen and oxygen atoms in total. The highest BCUT2D eigenvalue weighted by Crippen LogP contribution is 2.07. The number of carbonyl (C=O) groups is 3. The highest BCUT2D eigenvalue weighted by molar-refractivity contribution is 5.77. The molecule has 4 N–H and O–H groups in total. The molecule has 0 spiro atoms. The molecule has 26 heavy (non-hydrogen) atoms. The summed E-state index contributed by atoms with van der Waals surface area (Å²) in [4.78, 5) is 34.2. The molecule has 0 aliphatic heterocycles. The van der Waals surface area contributed by atoms with E-state index >= 15 is 0 Å². The molecule has 0 aliphatic rings. The molecule has 1 aromatic carbocycles. The van der Waals surface area contributed by atoms with Gasteiger partial charge in [-0.25, -0.2) is 4.79 Å². The minimum atomic E-state index is -1.17. The molecule has 144 valence electrons. The van der Waals surface area contributed by atoms with Crippen LogP contribution < -0.4 is 10.6 Å². The molecule has 1 rings (SSSR count). The van der Waals surface area contributed by atoms with Crippen molar-refractivity contribution in [2.45, 2.75) is 45.4 Å². The second-order valence-corrected chi connectivity index (χ2v) is 6.36. The predicted octanol–water partition coefficient (Wildman–Crippen LogP) is 1.84. The van der Waals surface area contributed by atoms with Crippen molar-refractivity contribution < 1.29 is 29.3 Å². The van der Waals surface area contributed by atoms with Crippen LogP contribution in [0.4, 0.5) is 4.79 Å². The molecule has 2 atom stereocenters. The van der Waals surface area contributed by atoms with Gasteiger partial charge in [-0.15, -0.1) is 0 Å². The minimum absolute atomic E-state index is 0.0393. The number of nitrogens with one attached hydrogen (secondary N) is 2. The van der Waals surface area contributed by atoms with E-state index in [1.54, 1.807) is 0 Å². The zero-order valence-electron chi connectivity index (χ0n) is 15.0. The third kappa shape index (κ3) is 8.48. The van der Waals surface area contributed by atoms with Crippen molar-refractivity contribution in [1.29, 1.82) is 0 Å². The first-order valence-corrected chi connectivity index (χ1v) is 8.45. The summed E-state index contributed by atoms with van der Waals surface area (Å²) < 4.78 is 5.03. The zero-order valence-corrected chi connectivity index (χ0v) is 15.0. The van der Waals surface area contributed by atoms with E-state index in [4.69, 9.17) is 4.74 Å². The second-order valence-electron chi connectivity index (χ2n) is 6.36. The standard InChI is InChI=1S/C18H26N2O6/c1-12(2)10-15(17(23)24)20-14(16(21)22)8-9-19-18(25)26-11-13-6-4-3-5-7-13/h3-7,12,14-15,20H,8-11H2,1-2H3,(H,19,25)(H,21,22)(H,23,24)/t14?,15-/m0/s1. The minimum Gasteiger partial charge on any atom is -0.480 e. The SMILES string of the molecule is CC(C)C[C@H](NC(CCNC(=O)OCc1ccccc1)C(=O)O)C(=O)O. The molecule has 8 heteroatoms. The Morgan fingerprint density at radius 3 is 2.19 bits per heavy atom. The fraction of sp³-hybridized carbons (Fsp3) is 0.500. The lowest BCUT2D eigenvalue weighted by atomic mass is 10.0. The van der Waals surface area contributed by atoms with Crippen molar-refractivity contribution in [3.63, 3.8) is 0 Å². The lowest BCUT2D eigenvalue weighted by Gasteiger charge is -2.21. The average Bonchev–Trinajstić information content (AvgIpc) is 2.58. The molecule has 1 aromatic rings. The smallest absolute Gasteiger partial charge is 0.407 e. The fourth-order valence-electron chi connectivity index (χ4n) is 2.33. The lowest BCUT2D eigenvalue weighted by Crippen LogP contribution is -2.49. The van der Waals surface area contributed by atoms with Gasteiger partial charge in [0.05, 0.1) is 0 Å². The molecule has 0 saturated carbocycles. The summed E-state index contributed by atoms with van der Waals surface area (Å²) in [5, 5.41) is 23.5. The number of carbonyl (C=O) groups excluding carboxylic acids is 1. The highest BCUT2D eigenvalue weighted by Gasteiger charge is 2.26. The number of hydrogen-bond acceptors (Lipinski definition) is 5. The zero-order chi connectivity index (χ0) is 19.5. The van der Waals surface area contributed by atoms with E-state index in [1.165, 1.54) is 0 Å². The molecule has 0 aromatic heterocycles. The number of ether oxygens (including phenoxy) is 1. The lowest BCUT2D eigenvalue weighted by molar-refractivity contribution is -0.143. The molecule has 0 fully saturated rings. The van der Waals surface area contributed by atoms with E-state index in [1.807, 2.05) is 44.2 Å². The first-order chi connectivity index (χ1) is 12.3. The Morgan fingerprint density at radius 1 is 1.04 bits per heavy atom. The van der Waals surface area contributed by atoms with E-state index in [0.29, 0.717) is 6.42 Å². The van der Waals surface area contributed by atoms with Gasteiger partial charge in [0.2, 0.25) is 0 Å². The molecule has 0 bridgehead atoms. The summed E-state index contributed by atoms with van der Waals surface area (Å²) >= 11 is 0. The van der Waals surface area contributed by atoms with Crippen LogP contribution in [0.15, 0.2) is 30.3 Å². The molecular weight excluding hydrogens is 340 g/mol. The number of amides is 1. The Kier molecular flexibility index (Phi) is 9.14. The molecule has 0 aliphatic carbocycles. The van der Waals surface area contributed by atoms with Crippen molar-refractivity contribution in [3.8, 4) is 0 Å². The number of hydrogen-bond donors (Lipinski definition) is 4. The third-order valence-corrected chi connectivity index (χ3v) is 3.62. The first-order valence-electron chi connectivity index (χ1n) is 8.45. The van der Waals surface area contributed by atoms with Crippen molar-refractivity contribution >= 4 is 18.0 Å². The molecule has 0 saturated heterocycles. The predicted molar refractivity (Wildman–Crippen MR) is 94.7 cm³/mol. The van der Waals surface area contributed by atoms with Crippen LogP contribution in [0.5, 0.6) is 0 Å². The van der Waals surface area contributed by atoms with Crippen molar-refractivity contribution in [1.82, 2.24) is 10.6 Å². The Labute approximate surface area is 152 Å². The Hall–Kier alpha value is -2.61. The van der Waals surface area contributed by atoms with Crippen LogP contribution in [0.2, 0.25) is 0 Å². The number of alkyl carbamates (subject to hydrolysis) is 1. The topological polar surface area (TPSA) is 125 Å². The third-order valence-electron chi connectivity index (χ3n) is 3.62. The fourth-order valence-corrected chi connectivity index (χ4v) is 2.33. The van der Waals surface area contributed by atoms with Crippen LogP contribution in [0.1, 0.15) is 32.3 Å². The van der Waals surface area contributed by atoms with Gasteiger partial charge >= 0.3 is 18.0 Å².